The third-order valence-corrected chi connectivity index (χ3v) is 2.73. The van der Waals surface area contributed by atoms with Crippen LogP contribution >= 0.6 is 15.9 Å². The monoisotopic (exact) mass is 310 g/mol. The fraction of sp³-hybridized carbons (Fsp3) is 0. The summed E-state index contributed by atoms with van der Waals surface area (Å²) in [4.78, 5) is 19.3. The van der Waals surface area contributed by atoms with Crippen molar-refractivity contribution in [3.8, 4) is 0 Å². The summed E-state index contributed by atoms with van der Waals surface area (Å²) in [5.41, 5.74) is 5.79. The molecule has 0 unspecified atom stereocenters. The minimum atomic E-state index is -0.482. The Morgan fingerprint density at radius 3 is 2.72 bits per heavy atom. The molecule has 1 aromatic heterocycles. The zero-order chi connectivity index (χ0) is 13.1. The lowest BCUT2D eigenvalue weighted by Gasteiger charge is -2.05. The summed E-state index contributed by atoms with van der Waals surface area (Å²) < 4.78 is 13.6. The number of rotatable bonds is 2. The molecule has 1 aromatic carbocycles. The van der Waals surface area contributed by atoms with Crippen molar-refractivity contribution in [3.05, 3.63) is 46.6 Å². The molecule has 0 saturated carbocycles. The van der Waals surface area contributed by atoms with Crippen LogP contribution < -0.4 is 11.1 Å². The predicted octanol–water partition coefficient (Wildman–Crippen LogP) is 2.21. The van der Waals surface area contributed by atoms with Gasteiger partial charge in [-0.25, -0.2) is 14.4 Å². The Labute approximate surface area is 110 Å². The van der Waals surface area contributed by atoms with Crippen molar-refractivity contribution < 1.29 is 9.18 Å². The number of aromatic nitrogens is 2. The first-order chi connectivity index (χ1) is 8.56. The van der Waals surface area contributed by atoms with Crippen LogP contribution in [0.5, 0.6) is 0 Å². The smallest absolute Gasteiger partial charge is 0.275 e. The van der Waals surface area contributed by atoms with Crippen LogP contribution in [0.4, 0.5) is 15.9 Å². The lowest BCUT2D eigenvalue weighted by atomic mass is 10.3. The number of benzene rings is 1. The normalized spacial score (nSPS) is 10.1. The van der Waals surface area contributed by atoms with Gasteiger partial charge in [0.1, 0.15) is 17.3 Å². The van der Waals surface area contributed by atoms with Crippen LogP contribution in [0, 0.1) is 5.82 Å². The van der Waals surface area contributed by atoms with Crippen molar-refractivity contribution in [2.45, 2.75) is 0 Å². The van der Waals surface area contributed by atoms with E-state index in [0.717, 1.165) is 0 Å². The number of halogens is 2. The van der Waals surface area contributed by atoms with Crippen molar-refractivity contribution in [1.82, 2.24) is 9.97 Å². The number of carbonyl (C=O) groups is 1. The van der Waals surface area contributed by atoms with Gasteiger partial charge in [-0.15, -0.1) is 0 Å². The van der Waals surface area contributed by atoms with E-state index in [1.807, 2.05) is 0 Å². The second-order valence-corrected chi connectivity index (χ2v) is 4.26. The lowest BCUT2D eigenvalue weighted by Crippen LogP contribution is -2.14. The van der Waals surface area contributed by atoms with Gasteiger partial charge in [-0.1, -0.05) is 0 Å². The number of carbonyl (C=O) groups excluding carboxylic acids is 1. The van der Waals surface area contributed by atoms with E-state index in [2.05, 4.69) is 31.2 Å². The van der Waals surface area contributed by atoms with Crippen molar-refractivity contribution >= 4 is 33.3 Å². The number of nitrogens with zero attached hydrogens (tertiary/aromatic N) is 2. The lowest BCUT2D eigenvalue weighted by molar-refractivity contribution is 0.102. The molecule has 0 radical (unpaired) electrons. The van der Waals surface area contributed by atoms with Crippen LogP contribution in [0.3, 0.4) is 0 Å². The first-order valence-corrected chi connectivity index (χ1v) is 5.69. The van der Waals surface area contributed by atoms with Crippen molar-refractivity contribution in [2.75, 3.05) is 11.1 Å². The van der Waals surface area contributed by atoms with E-state index in [4.69, 9.17) is 5.73 Å². The van der Waals surface area contributed by atoms with E-state index >= 15 is 0 Å². The minimum Gasteiger partial charge on any atom is -0.382 e. The molecule has 3 N–H and O–H groups in total. The maximum atomic E-state index is 13.2. The molecule has 0 saturated heterocycles. The molecular weight excluding hydrogens is 303 g/mol. The Bertz CT molecular complexity index is 588. The minimum absolute atomic E-state index is 0.104. The van der Waals surface area contributed by atoms with Crippen LogP contribution in [0.2, 0.25) is 0 Å². The Morgan fingerprint density at radius 2 is 2.11 bits per heavy atom. The summed E-state index contributed by atoms with van der Waals surface area (Å²) >= 11 is 3.02. The average molecular weight is 311 g/mol. The van der Waals surface area contributed by atoms with Crippen molar-refractivity contribution in [2.24, 2.45) is 0 Å². The molecule has 0 aliphatic heterocycles. The van der Waals surface area contributed by atoms with Gasteiger partial charge in [0.2, 0.25) is 0 Å². The van der Waals surface area contributed by atoms with Crippen molar-refractivity contribution in [1.29, 1.82) is 0 Å². The molecule has 2 rings (SSSR count). The average Bonchev–Trinajstić information content (AvgIpc) is 2.34. The zero-order valence-electron chi connectivity index (χ0n) is 9.02. The summed E-state index contributed by atoms with van der Waals surface area (Å²) in [6, 6.07) is 4.27. The maximum absolute atomic E-state index is 13.2. The standard InChI is InChI=1S/C11H8BrFN4O/c12-7-2-1-6(3-8(7)13)17-11(18)9-4-16-10(14)5-15-9/h1-5H,(H2,14,16)(H,17,18). The van der Waals surface area contributed by atoms with Crippen LogP contribution in [-0.4, -0.2) is 15.9 Å². The molecule has 2 aromatic rings. The molecule has 0 spiro atoms. The van der Waals surface area contributed by atoms with Gasteiger partial charge in [0.15, 0.2) is 0 Å². The van der Waals surface area contributed by atoms with Gasteiger partial charge in [-0.05, 0) is 34.1 Å². The number of amides is 1. The Kier molecular flexibility index (Phi) is 3.52. The number of nitrogen functional groups attached to an aromatic ring is 1. The van der Waals surface area contributed by atoms with E-state index in [9.17, 15) is 9.18 Å². The number of nitrogens with one attached hydrogen (secondary N) is 1. The molecular formula is C11H8BrFN4O. The second kappa shape index (κ2) is 5.09. The summed E-state index contributed by atoms with van der Waals surface area (Å²) in [6.45, 7) is 0. The Balaban J connectivity index is 2.16. The molecule has 92 valence electrons. The zero-order valence-corrected chi connectivity index (χ0v) is 10.6. The third kappa shape index (κ3) is 2.80. The third-order valence-electron chi connectivity index (χ3n) is 2.08. The van der Waals surface area contributed by atoms with Gasteiger partial charge in [-0.3, -0.25) is 4.79 Å². The molecule has 1 amide bonds. The van der Waals surface area contributed by atoms with Crippen LogP contribution in [0.15, 0.2) is 35.1 Å². The Hall–Kier alpha value is -2.02. The summed E-state index contributed by atoms with van der Waals surface area (Å²) in [5, 5.41) is 2.50. The highest BCUT2D eigenvalue weighted by atomic mass is 79.9. The van der Waals surface area contributed by atoms with E-state index < -0.39 is 11.7 Å². The van der Waals surface area contributed by atoms with Gasteiger partial charge in [-0.2, -0.15) is 0 Å². The van der Waals surface area contributed by atoms with Crippen LogP contribution in [-0.2, 0) is 0 Å². The fourth-order valence-electron chi connectivity index (χ4n) is 1.22. The maximum Gasteiger partial charge on any atom is 0.275 e. The molecule has 7 heteroatoms. The van der Waals surface area contributed by atoms with E-state index in [-0.39, 0.29) is 11.5 Å². The fourth-order valence-corrected chi connectivity index (χ4v) is 1.47. The van der Waals surface area contributed by atoms with Crippen LogP contribution in [0.25, 0.3) is 0 Å². The number of nitrogens with two attached hydrogens (primary N) is 1. The van der Waals surface area contributed by atoms with E-state index in [0.29, 0.717) is 10.2 Å². The molecule has 0 fully saturated rings. The van der Waals surface area contributed by atoms with Crippen LogP contribution in [0.1, 0.15) is 10.5 Å². The van der Waals surface area contributed by atoms with Gasteiger partial charge in [0.25, 0.3) is 5.91 Å². The number of anilines is 2. The van der Waals surface area contributed by atoms with E-state index in [1.165, 1.54) is 24.5 Å². The summed E-state index contributed by atoms with van der Waals surface area (Å²) in [5.74, 6) is -0.721. The van der Waals surface area contributed by atoms with Gasteiger partial charge in [0.05, 0.1) is 16.9 Å². The first-order valence-electron chi connectivity index (χ1n) is 4.90. The second-order valence-electron chi connectivity index (χ2n) is 3.41. The molecule has 0 aliphatic carbocycles. The van der Waals surface area contributed by atoms with E-state index in [1.54, 1.807) is 6.07 Å². The molecule has 0 bridgehead atoms. The molecule has 0 atom stereocenters. The van der Waals surface area contributed by atoms with Gasteiger partial charge >= 0.3 is 0 Å². The topological polar surface area (TPSA) is 80.9 Å². The van der Waals surface area contributed by atoms with Gasteiger partial charge < -0.3 is 11.1 Å². The molecule has 18 heavy (non-hydrogen) atoms. The Morgan fingerprint density at radius 1 is 1.33 bits per heavy atom. The molecule has 0 aliphatic rings. The summed E-state index contributed by atoms with van der Waals surface area (Å²) in [7, 11) is 0. The SMILES string of the molecule is Nc1cnc(C(=O)Nc2ccc(Br)c(F)c2)cn1. The quantitative estimate of drug-likeness (QED) is 0.891. The highest BCUT2D eigenvalue weighted by molar-refractivity contribution is 9.10. The highest BCUT2D eigenvalue weighted by Gasteiger charge is 2.09. The number of hydrogen-bond acceptors (Lipinski definition) is 4. The van der Waals surface area contributed by atoms with Crippen molar-refractivity contribution in [3.63, 3.8) is 0 Å². The molecule has 1 heterocycles. The largest absolute Gasteiger partial charge is 0.382 e. The predicted molar refractivity (Wildman–Crippen MR) is 68.5 cm³/mol. The highest BCUT2D eigenvalue weighted by Crippen LogP contribution is 2.19. The molecule has 5 nitrogen and oxygen atoms in total. The summed E-state index contributed by atoms with van der Waals surface area (Å²) in [6.07, 6.45) is 2.52. The van der Waals surface area contributed by atoms with Gasteiger partial charge in [0, 0.05) is 5.69 Å². The number of hydrogen-bond donors (Lipinski definition) is 2. The first kappa shape index (κ1) is 12.4.